The largest absolute Gasteiger partial charge is 0.497 e. The first-order valence-corrected chi connectivity index (χ1v) is 6.74. The van der Waals surface area contributed by atoms with Gasteiger partial charge in [0.2, 0.25) is 0 Å². The predicted molar refractivity (Wildman–Crippen MR) is 77.9 cm³/mol. The summed E-state index contributed by atoms with van der Waals surface area (Å²) in [5.74, 6) is 3.10. The molecule has 2 aromatic rings. The Morgan fingerprint density at radius 3 is 2.35 bits per heavy atom. The summed E-state index contributed by atoms with van der Waals surface area (Å²) in [4.78, 5) is 0. The van der Waals surface area contributed by atoms with Crippen molar-refractivity contribution in [3.05, 3.63) is 53.6 Å². The van der Waals surface area contributed by atoms with Crippen LogP contribution < -0.4 is 14.2 Å². The summed E-state index contributed by atoms with van der Waals surface area (Å²) >= 11 is 0. The van der Waals surface area contributed by atoms with Crippen LogP contribution in [0.2, 0.25) is 0 Å². The molecule has 0 saturated heterocycles. The fraction of sp³-hybridized carbons (Fsp3) is 0.294. The van der Waals surface area contributed by atoms with Crippen LogP contribution in [0.15, 0.2) is 42.5 Å². The molecule has 20 heavy (non-hydrogen) atoms. The van der Waals surface area contributed by atoms with Gasteiger partial charge in [-0.25, -0.2) is 0 Å². The number of ether oxygens (including phenoxy) is 3. The number of fused-ring (bicyclic) bond motifs is 1. The Hall–Kier alpha value is -2.16. The Bertz CT molecular complexity index is 590. The Morgan fingerprint density at radius 2 is 1.65 bits per heavy atom. The van der Waals surface area contributed by atoms with Crippen molar-refractivity contribution in [1.82, 2.24) is 0 Å². The first-order valence-electron chi connectivity index (χ1n) is 6.74. The molecule has 0 spiro atoms. The second-order valence-corrected chi connectivity index (χ2v) is 4.96. The molecule has 2 aromatic carbocycles. The van der Waals surface area contributed by atoms with E-state index in [0.29, 0.717) is 12.5 Å². The molecule has 1 atom stereocenters. The number of benzene rings is 2. The second kappa shape index (κ2) is 5.45. The van der Waals surface area contributed by atoms with Gasteiger partial charge in [0, 0.05) is 5.92 Å². The van der Waals surface area contributed by atoms with E-state index in [-0.39, 0.29) is 0 Å². The number of hydrogen-bond acceptors (Lipinski definition) is 3. The highest BCUT2D eigenvalue weighted by Crippen LogP contribution is 2.34. The lowest BCUT2D eigenvalue weighted by atomic mass is 9.90. The molecule has 1 aliphatic heterocycles. The number of rotatable bonds is 3. The first-order chi connectivity index (χ1) is 9.80. The second-order valence-electron chi connectivity index (χ2n) is 4.96. The molecule has 0 unspecified atom stereocenters. The lowest BCUT2D eigenvalue weighted by Crippen LogP contribution is -2.19. The quantitative estimate of drug-likeness (QED) is 0.855. The van der Waals surface area contributed by atoms with Crippen LogP contribution in [0.1, 0.15) is 17.0 Å². The van der Waals surface area contributed by atoms with E-state index in [1.54, 1.807) is 14.2 Å². The third-order valence-corrected chi connectivity index (χ3v) is 3.76. The highest BCUT2D eigenvalue weighted by Gasteiger charge is 2.21. The monoisotopic (exact) mass is 270 g/mol. The highest BCUT2D eigenvalue weighted by molar-refractivity contribution is 5.43. The van der Waals surface area contributed by atoms with Gasteiger partial charge < -0.3 is 14.2 Å². The number of hydrogen-bond donors (Lipinski definition) is 0. The minimum Gasteiger partial charge on any atom is -0.497 e. The molecule has 0 bridgehead atoms. The summed E-state index contributed by atoms with van der Waals surface area (Å²) in [7, 11) is 3.37. The average molecular weight is 270 g/mol. The fourth-order valence-corrected chi connectivity index (χ4v) is 2.59. The van der Waals surface area contributed by atoms with Crippen molar-refractivity contribution in [2.24, 2.45) is 0 Å². The molecule has 1 aliphatic rings. The van der Waals surface area contributed by atoms with E-state index in [1.165, 1.54) is 11.1 Å². The average Bonchev–Trinajstić information content (AvgIpc) is 2.54. The van der Waals surface area contributed by atoms with Gasteiger partial charge in [-0.3, -0.25) is 0 Å². The standard InChI is InChI=1S/C17H18O3/c1-18-15-5-3-12(4-6-15)14-9-13-10-16(19-2)7-8-17(13)20-11-14/h3-8,10,14H,9,11H2,1-2H3/t14-/m1/s1. The first kappa shape index (κ1) is 12.9. The molecule has 0 radical (unpaired) electrons. The molecule has 0 fully saturated rings. The molecule has 3 nitrogen and oxygen atoms in total. The minimum absolute atomic E-state index is 0.375. The molecule has 0 N–H and O–H groups in total. The zero-order valence-corrected chi connectivity index (χ0v) is 11.8. The van der Waals surface area contributed by atoms with Gasteiger partial charge in [-0.1, -0.05) is 12.1 Å². The summed E-state index contributed by atoms with van der Waals surface area (Å²) in [5.41, 5.74) is 2.48. The van der Waals surface area contributed by atoms with Crippen LogP contribution in [0.4, 0.5) is 0 Å². The van der Waals surface area contributed by atoms with Gasteiger partial charge in [-0.15, -0.1) is 0 Å². The molecule has 0 amide bonds. The van der Waals surface area contributed by atoms with Crippen molar-refractivity contribution in [2.45, 2.75) is 12.3 Å². The maximum absolute atomic E-state index is 5.86. The number of methoxy groups -OCH3 is 2. The van der Waals surface area contributed by atoms with E-state index < -0.39 is 0 Å². The normalized spacial score (nSPS) is 17.0. The van der Waals surface area contributed by atoms with Gasteiger partial charge >= 0.3 is 0 Å². The van der Waals surface area contributed by atoms with Crippen LogP contribution in [0.25, 0.3) is 0 Å². The molecule has 0 aliphatic carbocycles. The fourth-order valence-electron chi connectivity index (χ4n) is 2.59. The SMILES string of the molecule is COc1ccc([C@H]2COc3ccc(OC)cc3C2)cc1. The van der Waals surface area contributed by atoms with Crippen molar-refractivity contribution in [3.63, 3.8) is 0 Å². The van der Waals surface area contributed by atoms with E-state index in [2.05, 4.69) is 18.2 Å². The van der Waals surface area contributed by atoms with Gasteiger partial charge in [-0.05, 0) is 47.9 Å². The topological polar surface area (TPSA) is 27.7 Å². The van der Waals surface area contributed by atoms with Crippen LogP contribution in [-0.2, 0) is 6.42 Å². The van der Waals surface area contributed by atoms with Crippen molar-refractivity contribution in [3.8, 4) is 17.2 Å². The summed E-state index contributed by atoms with van der Waals surface area (Å²) in [6.45, 7) is 0.714. The Kier molecular flexibility index (Phi) is 3.50. The van der Waals surface area contributed by atoms with E-state index in [9.17, 15) is 0 Å². The van der Waals surface area contributed by atoms with Crippen molar-refractivity contribution in [2.75, 3.05) is 20.8 Å². The van der Waals surface area contributed by atoms with Gasteiger partial charge in [0.25, 0.3) is 0 Å². The van der Waals surface area contributed by atoms with Crippen LogP contribution in [0, 0.1) is 0 Å². The van der Waals surface area contributed by atoms with Crippen LogP contribution in [0.3, 0.4) is 0 Å². The maximum atomic E-state index is 5.86. The van der Waals surface area contributed by atoms with Crippen molar-refractivity contribution >= 4 is 0 Å². The third kappa shape index (κ3) is 2.44. The Morgan fingerprint density at radius 1 is 0.950 bits per heavy atom. The van der Waals surface area contributed by atoms with E-state index in [1.807, 2.05) is 24.3 Å². The zero-order valence-electron chi connectivity index (χ0n) is 11.8. The minimum atomic E-state index is 0.375. The van der Waals surface area contributed by atoms with Gasteiger partial charge in [0.05, 0.1) is 20.8 Å². The lowest BCUT2D eigenvalue weighted by Gasteiger charge is -2.26. The van der Waals surface area contributed by atoms with Crippen LogP contribution >= 0.6 is 0 Å². The summed E-state index contributed by atoms with van der Waals surface area (Å²) < 4.78 is 16.3. The Labute approximate surface area is 119 Å². The zero-order chi connectivity index (χ0) is 13.9. The summed E-state index contributed by atoms with van der Waals surface area (Å²) in [6.07, 6.45) is 0.971. The lowest BCUT2D eigenvalue weighted by molar-refractivity contribution is 0.261. The van der Waals surface area contributed by atoms with Gasteiger partial charge in [0.15, 0.2) is 0 Å². The van der Waals surface area contributed by atoms with Crippen molar-refractivity contribution in [1.29, 1.82) is 0 Å². The van der Waals surface area contributed by atoms with Gasteiger partial charge in [0.1, 0.15) is 17.2 Å². The third-order valence-electron chi connectivity index (χ3n) is 3.76. The maximum Gasteiger partial charge on any atom is 0.122 e. The Balaban J connectivity index is 1.83. The van der Waals surface area contributed by atoms with Crippen molar-refractivity contribution < 1.29 is 14.2 Å². The summed E-state index contributed by atoms with van der Waals surface area (Å²) in [5, 5.41) is 0. The van der Waals surface area contributed by atoms with Gasteiger partial charge in [-0.2, -0.15) is 0 Å². The van der Waals surface area contributed by atoms with Crippen LogP contribution in [0.5, 0.6) is 17.2 Å². The summed E-state index contributed by atoms with van der Waals surface area (Å²) in [6, 6.07) is 14.2. The molecule has 3 heteroatoms. The molecule has 0 aromatic heterocycles. The predicted octanol–water partition coefficient (Wildman–Crippen LogP) is 3.42. The highest BCUT2D eigenvalue weighted by atomic mass is 16.5. The molecule has 0 saturated carbocycles. The molecule has 3 rings (SSSR count). The molecular formula is C17H18O3. The molecule has 1 heterocycles. The van der Waals surface area contributed by atoms with Crippen LogP contribution in [-0.4, -0.2) is 20.8 Å². The van der Waals surface area contributed by atoms with E-state index in [4.69, 9.17) is 14.2 Å². The molecule has 104 valence electrons. The van der Waals surface area contributed by atoms with E-state index in [0.717, 1.165) is 23.7 Å². The van der Waals surface area contributed by atoms with E-state index >= 15 is 0 Å². The smallest absolute Gasteiger partial charge is 0.122 e. The molecular weight excluding hydrogens is 252 g/mol.